The van der Waals surface area contributed by atoms with Crippen molar-refractivity contribution in [2.24, 2.45) is 5.73 Å². The van der Waals surface area contributed by atoms with E-state index in [2.05, 4.69) is 20.6 Å². The minimum atomic E-state index is -0.248. The quantitative estimate of drug-likeness (QED) is 0.600. The van der Waals surface area contributed by atoms with E-state index in [9.17, 15) is 4.79 Å². The first-order valence-corrected chi connectivity index (χ1v) is 3.94. The summed E-state index contributed by atoms with van der Waals surface area (Å²) in [6.45, 7) is 1.16. The second kappa shape index (κ2) is 4.51. The summed E-state index contributed by atoms with van der Waals surface area (Å²) < 4.78 is 0. The minimum absolute atomic E-state index is 0.0829. The van der Waals surface area contributed by atoms with Crippen molar-refractivity contribution < 1.29 is 4.79 Å². The Morgan fingerprint density at radius 3 is 3.00 bits per heavy atom. The fourth-order valence-electron chi connectivity index (χ4n) is 0.853. The van der Waals surface area contributed by atoms with Crippen LogP contribution in [0.4, 0.5) is 0 Å². The lowest BCUT2D eigenvalue weighted by molar-refractivity contribution is 0.0782. The minimum Gasteiger partial charge on any atom is -0.339 e. The number of nitrogens with two attached hydrogens (primary N) is 1. The average Bonchev–Trinajstić information content (AvgIpc) is 2.65. The molecular weight excluding hydrogens is 172 g/mol. The zero-order valence-corrected chi connectivity index (χ0v) is 7.40. The highest BCUT2D eigenvalue weighted by Gasteiger charge is 2.14. The Bertz CT molecular complexity index is 258. The molecule has 0 spiro atoms. The van der Waals surface area contributed by atoms with E-state index in [0.717, 1.165) is 6.42 Å². The molecule has 1 aromatic rings. The van der Waals surface area contributed by atoms with Gasteiger partial charge < -0.3 is 10.6 Å². The number of hydrogen-bond donors (Lipinski definition) is 2. The SMILES string of the molecule is CN(CCCN)C(=O)c1nn[nH]n1. The molecule has 0 aliphatic heterocycles. The molecular formula is C6H12N6O. The molecule has 0 radical (unpaired) electrons. The van der Waals surface area contributed by atoms with Crippen LogP contribution in [0.2, 0.25) is 0 Å². The topological polar surface area (TPSA) is 101 Å². The predicted octanol–water partition coefficient (Wildman–Crippen LogP) is -1.38. The van der Waals surface area contributed by atoms with E-state index in [4.69, 9.17) is 5.73 Å². The number of H-pyrrole nitrogens is 1. The maximum absolute atomic E-state index is 11.4. The van der Waals surface area contributed by atoms with Gasteiger partial charge in [0.05, 0.1) is 0 Å². The first-order valence-electron chi connectivity index (χ1n) is 3.94. The van der Waals surface area contributed by atoms with Gasteiger partial charge in [-0.2, -0.15) is 5.21 Å². The Kier molecular flexibility index (Phi) is 3.32. The van der Waals surface area contributed by atoms with Crippen molar-refractivity contribution in [3.05, 3.63) is 5.82 Å². The number of aromatic nitrogens is 4. The van der Waals surface area contributed by atoms with Crippen molar-refractivity contribution >= 4 is 5.91 Å². The van der Waals surface area contributed by atoms with E-state index in [1.165, 1.54) is 4.90 Å². The van der Waals surface area contributed by atoms with Gasteiger partial charge in [-0.3, -0.25) is 4.79 Å². The molecule has 0 saturated carbocycles. The van der Waals surface area contributed by atoms with E-state index in [1.54, 1.807) is 7.05 Å². The lowest BCUT2D eigenvalue weighted by atomic mass is 10.4. The molecule has 13 heavy (non-hydrogen) atoms. The van der Waals surface area contributed by atoms with Gasteiger partial charge in [-0.25, -0.2) is 0 Å². The van der Waals surface area contributed by atoms with Crippen molar-refractivity contribution in [3.63, 3.8) is 0 Å². The summed E-state index contributed by atoms with van der Waals surface area (Å²) in [5.41, 5.74) is 5.31. The second-order valence-electron chi connectivity index (χ2n) is 2.60. The monoisotopic (exact) mass is 184 g/mol. The summed E-state index contributed by atoms with van der Waals surface area (Å²) in [5.74, 6) is -0.165. The lowest BCUT2D eigenvalue weighted by Crippen LogP contribution is -2.29. The van der Waals surface area contributed by atoms with Crippen molar-refractivity contribution in [1.82, 2.24) is 25.5 Å². The van der Waals surface area contributed by atoms with Gasteiger partial charge in [0.15, 0.2) is 0 Å². The summed E-state index contributed by atoms with van der Waals surface area (Å²) in [5, 5.41) is 12.7. The van der Waals surface area contributed by atoms with Crippen LogP contribution < -0.4 is 5.73 Å². The maximum Gasteiger partial charge on any atom is 0.295 e. The molecule has 1 aromatic heterocycles. The molecule has 0 atom stereocenters. The molecule has 7 nitrogen and oxygen atoms in total. The fraction of sp³-hybridized carbons (Fsp3) is 0.667. The highest BCUT2D eigenvalue weighted by molar-refractivity contribution is 5.89. The van der Waals surface area contributed by atoms with E-state index >= 15 is 0 Å². The van der Waals surface area contributed by atoms with Gasteiger partial charge in [0.2, 0.25) is 0 Å². The van der Waals surface area contributed by atoms with Crippen molar-refractivity contribution in [2.75, 3.05) is 20.1 Å². The number of tetrazole rings is 1. The van der Waals surface area contributed by atoms with Crippen LogP contribution in [-0.4, -0.2) is 51.6 Å². The highest BCUT2D eigenvalue weighted by atomic mass is 16.2. The Morgan fingerprint density at radius 2 is 2.46 bits per heavy atom. The molecule has 0 bridgehead atoms. The summed E-state index contributed by atoms with van der Waals surface area (Å²) >= 11 is 0. The third kappa shape index (κ3) is 2.48. The molecule has 1 heterocycles. The molecule has 7 heteroatoms. The third-order valence-corrected chi connectivity index (χ3v) is 1.58. The van der Waals surface area contributed by atoms with Crippen molar-refractivity contribution in [3.8, 4) is 0 Å². The zero-order chi connectivity index (χ0) is 9.68. The number of amides is 1. The van der Waals surface area contributed by atoms with Gasteiger partial charge in [0, 0.05) is 13.6 Å². The third-order valence-electron chi connectivity index (χ3n) is 1.58. The summed E-state index contributed by atoms with van der Waals surface area (Å²) in [6, 6.07) is 0. The predicted molar refractivity (Wildman–Crippen MR) is 44.8 cm³/mol. The normalized spacial score (nSPS) is 10.0. The number of nitrogens with one attached hydrogen (secondary N) is 1. The Balaban J connectivity index is 2.48. The van der Waals surface area contributed by atoms with Crippen LogP contribution in [0, 0.1) is 0 Å². The molecule has 1 rings (SSSR count). The molecule has 0 aromatic carbocycles. The maximum atomic E-state index is 11.4. The van der Waals surface area contributed by atoms with E-state index in [0.29, 0.717) is 13.1 Å². The van der Waals surface area contributed by atoms with E-state index in [-0.39, 0.29) is 11.7 Å². The Hall–Kier alpha value is -1.50. The molecule has 1 amide bonds. The van der Waals surface area contributed by atoms with Gasteiger partial charge in [-0.05, 0) is 18.2 Å². The van der Waals surface area contributed by atoms with E-state index < -0.39 is 0 Å². The van der Waals surface area contributed by atoms with Gasteiger partial charge in [0.25, 0.3) is 11.7 Å². The smallest absolute Gasteiger partial charge is 0.295 e. The van der Waals surface area contributed by atoms with Crippen LogP contribution in [0.25, 0.3) is 0 Å². The van der Waals surface area contributed by atoms with Crippen LogP contribution in [0.5, 0.6) is 0 Å². The molecule has 0 fully saturated rings. The van der Waals surface area contributed by atoms with Gasteiger partial charge in [-0.1, -0.05) is 0 Å². The number of carbonyl (C=O) groups is 1. The molecule has 0 aliphatic carbocycles. The van der Waals surface area contributed by atoms with Crippen LogP contribution >= 0.6 is 0 Å². The van der Waals surface area contributed by atoms with Crippen molar-refractivity contribution in [1.29, 1.82) is 0 Å². The molecule has 3 N–H and O–H groups in total. The first-order chi connectivity index (χ1) is 6.25. The molecule has 0 unspecified atom stereocenters. The number of nitrogens with zero attached hydrogens (tertiary/aromatic N) is 4. The summed E-state index contributed by atoms with van der Waals surface area (Å²) in [4.78, 5) is 12.9. The Morgan fingerprint density at radius 1 is 1.69 bits per heavy atom. The largest absolute Gasteiger partial charge is 0.339 e. The van der Waals surface area contributed by atoms with Crippen LogP contribution in [-0.2, 0) is 0 Å². The lowest BCUT2D eigenvalue weighted by Gasteiger charge is -2.13. The van der Waals surface area contributed by atoms with Gasteiger partial charge in [0.1, 0.15) is 0 Å². The molecule has 0 saturated heterocycles. The fourth-order valence-corrected chi connectivity index (χ4v) is 0.853. The zero-order valence-electron chi connectivity index (χ0n) is 7.40. The number of rotatable bonds is 4. The van der Waals surface area contributed by atoms with Crippen LogP contribution in [0.1, 0.15) is 17.0 Å². The standard InChI is InChI=1S/C6H12N6O/c1-12(4-2-3-7)6(13)5-8-10-11-9-5/h2-4,7H2,1H3,(H,8,9,10,11). The van der Waals surface area contributed by atoms with Gasteiger partial charge >= 0.3 is 0 Å². The summed E-state index contributed by atoms with van der Waals surface area (Å²) in [7, 11) is 1.67. The van der Waals surface area contributed by atoms with Crippen LogP contribution in [0.15, 0.2) is 0 Å². The number of aromatic amines is 1. The average molecular weight is 184 g/mol. The number of hydrogen-bond acceptors (Lipinski definition) is 5. The summed E-state index contributed by atoms with van der Waals surface area (Å²) in [6.07, 6.45) is 0.764. The highest BCUT2D eigenvalue weighted by Crippen LogP contribution is 1.94. The van der Waals surface area contributed by atoms with Gasteiger partial charge in [-0.15, -0.1) is 10.2 Å². The Labute approximate surface area is 75.3 Å². The van der Waals surface area contributed by atoms with E-state index in [1.807, 2.05) is 0 Å². The molecule has 0 aliphatic rings. The molecule has 72 valence electrons. The second-order valence-corrected chi connectivity index (χ2v) is 2.60. The van der Waals surface area contributed by atoms with Crippen molar-refractivity contribution in [2.45, 2.75) is 6.42 Å². The van der Waals surface area contributed by atoms with Crippen LogP contribution in [0.3, 0.4) is 0 Å². The first kappa shape index (κ1) is 9.59. The number of carbonyl (C=O) groups excluding carboxylic acids is 1.